The van der Waals surface area contributed by atoms with Crippen LogP contribution in [0, 0.1) is 42.9 Å². The van der Waals surface area contributed by atoms with Crippen molar-refractivity contribution in [3.05, 3.63) is 233 Å². The summed E-state index contributed by atoms with van der Waals surface area (Å²) in [5, 5.41) is 27.6. The number of benzene rings is 6. The molecule has 0 unspecified atom stereocenters. The van der Waals surface area contributed by atoms with Gasteiger partial charge in [-0.3, -0.25) is 39.6 Å². The first-order valence-corrected chi connectivity index (χ1v) is 52.4. The summed E-state index contributed by atoms with van der Waals surface area (Å²) in [6.45, 7) is 18.3. The summed E-state index contributed by atoms with van der Waals surface area (Å²) in [7, 11) is -16.0. The number of sulfone groups is 1. The zero-order chi connectivity index (χ0) is 93.9. The van der Waals surface area contributed by atoms with Crippen molar-refractivity contribution in [3.8, 4) is 34.5 Å². The van der Waals surface area contributed by atoms with Crippen molar-refractivity contribution in [2.45, 2.75) is 134 Å². The molecular formula is C96H109Cl2N13O18S4. The topological polar surface area (TPSA) is 392 Å². The highest BCUT2D eigenvalue weighted by Gasteiger charge is 2.38. The van der Waals surface area contributed by atoms with Gasteiger partial charge in [-0.25, -0.2) is 57.4 Å². The standard InChI is InChI=1S/C50H58ClN7O9S2.C46H51ClN6O9S2/c1-50(2)16-14-37(44(30-50)35-8-10-38(51)11-9-35)32-55-20-22-56(23-21-55)39-12-13-42(47(27-39)67-40-26-36-15-17-52-48(36)53-31-40)49(59)54-69(64,65)41-28-45(58(60)61)43-25-34(33-66-46(43)29-41)7-6-24-68(62,63)57-18-4-3-5-19-57;1-46(2)14-12-33(40(26-46)31-6-8-34(47)9-7-31)28-51-16-18-52(19-17-51)35-10-11-38(43(23-35)62-36-22-32-13-15-48-44(32)49-27-36)45(54)50-64(59,60)37-24-41(53(55)56)39-21-30(29-61-42(39)25-37)5-4-20-63(3,57)58/h8-13,15,17,26-29,31,34H,3-7,14,16,18-25,30,32-33H2,1-2H3,(H,52,53)(H,54,59);6-11,13,15,22-25,27,30H,4-5,12,14,16-21,26,28-29H2,1-3H3,(H,48,49)(H,50,54)/t34-;30-/m00/s1. The fourth-order valence-corrected chi connectivity index (χ4v) is 23.4. The van der Waals surface area contributed by atoms with Crippen molar-refractivity contribution < 1.29 is 72.1 Å². The van der Waals surface area contributed by atoms with Gasteiger partial charge < -0.3 is 38.7 Å². The molecule has 0 bridgehead atoms. The summed E-state index contributed by atoms with van der Waals surface area (Å²) in [5.41, 5.74) is 10.7. The number of pyridine rings is 2. The molecule has 4 N–H and O–H groups in total. The minimum absolute atomic E-state index is 0.0175. The number of H-pyrrole nitrogens is 2. The maximum absolute atomic E-state index is 14.1. The zero-order valence-electron chi connectivity index (χ0n) is 74.8. The molecule has 31 nitrogen and oxygen atoms in total. The predicted molar refractivity (Wildman–Crippen MR) is 513 cm³/mol. The largest absolute Gasteiger partial charge is 0.493 e. The average molecular weight is 1930 g/mol. The van der Waals surface area contributed by atoms with Gasteiger partial charge in [0.25, 0.3) is 43.2 Å². The van der Waals surface area contributed by atoms with Crippen LogP contribution in [0.15, 0.2) is 179 Å². The Morgan fingerprint density at radius 2 is 0.940 bits per heavy atom. The molecule has 2 amide bonds. The van der Waals surface area contributed by atoms with E-state index in [0.29, 0.717) is 87.7 Å². The second-order valence-corrected chi connectivity index (χ2v) is 45.9. The molecule has 37 heteroatoms. The van der Waals surface area contributed by atoms with Crippen molar-refractivity contribution in [2.75, 3.05) is 119 Å². The van der Waals surface area contributed by atoms with E-state index in [2.05, 4.69) is 101 Å². The Morgan fingerprint density at radius 1 is 0.526 bits per heavy atom. The van der Waals surface area contributed by atoms with Crippen LogP contribution in [-0.4, -0.2) is 199 Å². The molecule has 17 rings (SSSR count). The van der Waals surface area contributed by atoms with Crippen molar-refractivity contribution in [1.29, 1.82) is 0 Å². The third-order valence-electron chi connectivity index (χ3n) is 26.3. The monoisotopic (exact) mass is 1930 g/mol. The number of aromatic amines is 2. The van der Waals surface area contributed by atoms with Crippen LogP contribution >= 0.6 is 23.2 Å². The third kappa shape index (κ3) is 23.3. The van der Waals surface area contributed by atoms with E-state index < -0.39 is 82.7 Å². The van der Waals surface area contributed by atoms with Crippen LogP contribution in [0.4, 0.5) is 22.7 Å². The van der Waals surface area contributed by atoms with Gasteiger partial charge in [0.05, 0.1) is 73.3 Å². The number of rotatable bonds is 29. The molecule has 3 fully saturated rings. The van der Waals surface area contributed by atoms with Crippen molar-refractivity contribution >= 4 is 131 Å². The van der Waals surface area contributed by atoms with E-state index in [1.54, 1.807) is 48.8 Å². The van der Waals surface area contributed by atoms with E-state index in [9.17, 15) is 63.5 Å². The molecule has 9 heterocycles. The number of carbonyl (C=O) groups excluding carboxylic acids is 2. The molecule has 4 aromatic heterocycles. The van der Waals surface area contributed by atoms with Crippen LogP contribution in [0.2, 0.25) is 10.0 Å². The second kappa shape index (κ2) is 39.9. The fraction of sp³-hybridized carbons (Fsp3) is 0.417. The summed E-state index contributed by atoms with van der Waals surface area (Å²) in [6, 6.07) is 37.6. The lowest BCUT2D eigenvalue weighted by Gasteiger charge is -2.39. The van der Waals surface area contributed by atoms with Crippen LogP contribution in [-0.2, 0) is 52.7 Å². The van der Waals surface area contributed by atoms with Crippen LogP contribution < -0.4 is 38.2 Å². The number of hydrogen-bond donors (Lipinski definition) is 4. The van der Waals surface area contributed by atoms with Crippen molar-refractivity contribution in [3.63, 3.8) is 0 Å². The molecule has 704 valence electrons. The fourth-order valence-electron chi connectivity index (χ4n) is 18.9. The number of nitro benzene ring substituents is 2. The minimum atomic E-state index is -4.70. The normalized spacial score (nSPS) is 18.7. The van der Waals surface area contributed by atoms with Gasteiger partial charge >= 0.3 is 0 Å². The number of piperidine rings is 1. The molecule has 0 spiro atoms. The van der Waals surface area contributed by atoms with Crippen LogP contribution in [0.3, 0.4) is 0 Å². The van der Waals surface area contributed by atoms with Gasteiger partial charge in [-0.1, -0.05) is 92.7 Å². The molecule has 0 radical (unpaired) electrons. The Hall–Kier alpha value is -11.0. The Balaban J connectivity index is 0.000000194. The van der Waals surface area contributed by atoms with E-state index in [0.717, 1.165) is 148 Å². The molecule has 3 saturated heterocycles. The van der Waals surface area contributed by atoms with Gasteiger partial charge in [0.1, 0.15) is 55.6 Å². The lowest BCUT2D eigenvalue weighted by Crippen LogP contribution is -2.47. The van der Waals surface area contributed by atoms with Gasteiger partial charge in [-0.05, 0) is 208 Å². The Bertz CT molecular complexity index is 6650. The lowest BCUT2D eigenvalue weighted by molar-refractivity contribution is -0.386. The number of aromatic nitrogens is 4. The highest BCUT2D eigenvalue weighted by molar-refractivity contribution is 7.91. The summed E-state index contributed by atoms with van der Waals surface area (Å²) in [4.78, 5) is 74.7. The molecule has 0 saturated carbocycles. The first-order valence-electron chi connectivity index (χ1n) is 45.0. The number of anilines is 2. The van der Waals surface area contributed by atoms with Crippen LogP contribution in [0.1, 0.15) is 154 Å². The lowest BCUT2D eigenvalue weighted by atomic mass is 9.72. The second-order valence-electron chi connectivity index (χ2n) is 37.3. The maximum Gasteiger partial charge on any atom is 0.277 e. The number of amides is 2. The van der Waals surface area contributed by atoms with Crippen molar-refractivity contribution in [1.82, 2.24) is 43.5 Å². The number of carbonyl (C=O) groups is 2. The Morgan fingerprint density at radius 3 is 1.35 bits per heavy atom. The number of nitrogens with one attached hydrogen (secondary N) is 4. The highest BCUT2D eigenvalue weighted by atomic mass is 35.5. The van der Waals surface area contributed by atoms with E-state index in [-0.39, 0.29) is 105 Å². The van der Waals surface area contributed by atoms with Crippen LogP contribution in [0.25, 0.3) is 33.2 Å². The number of piperazine rings is 2. The maximum atomic E-state index is 14.1. The summed E-state index contributed by atoms with van der Waals surface area (Å²) in [6.07, 6.45) is 18.7. The van der Waals surface area contributed by atoms with Crippen LogP contribution in [0.5, 0.6) is 34.5 Å². The zero-order valence-corrected chi connectivity index (χ0v) is 79.6. The van der Waals surface area contributed by atoms with Gasteiger partial charge in [0.15, 0.2) is 0 Å². The average Bonchev–Trinajstić information content (AvgIpc) is 1.34. The quantitative estimate of drug-likeness (QED) is 0.0250. The number of nitrogens with zero attached hydrogens (tertiary/aromatic N) is 9. The molecule has 6 aromatic carbocycles. The minimum Gasteiger partial charge on any atom is -0.493 e. The van der Waals surface area contributed by atoms with E-state index in [4.69, 9.17) is 42.1 Å². The van der Waals surface area contributed by atoms with E-state index >= 15 is 0 Å². The Kier molecular flexibility index (Phi) is 28.5. The van der Waals surface area contributed by atoms with Gasteiger partial charge in [-0.2, -0.15) is 0 Å². The number of hydrogen-bond acceptors (Lipinski definition) is 24. The molecule has 7 aliphatic rings. The Labute approximate surface area is 784 Å². The van der Waals surface area contributed by atoms with E-state index in [1.807, 2.05) is 36.4 Å². The molecule has 5 aliphatic heterocycles. The van der Waals surface area contributed by atoms with Crippen molar-refractivity contribution in [2.24, 2.45) is 22.7 Å². The first-order chi connectivity index (χ1) is 63.4. The summed E-state index contributed by atoms with van der Waals surface area (Å²) >= 11 is 12.5. The molecular weight excluding hydrogens is 1820 g/mol. The molecule has 2 aliphatic carbocycles. The highest BCUT2D eigenvalue weighted by Crippen LogP contribution is 2.48. The number of allylic oxidation sites excluding steroid dienone is 2. The smallest absolute Gasteiger partial charge is 0.277 e. The summed E-state index contributed by atoms with van der Waals surface area (Å²) in [5.74, 6) is -1.59. The van der Waals surface area contributed by atoms with Gasteiger partial charge in [-0.15, -0.1) is 0 Å². The van der Waals surface area contributed by atoms with Gasteiger partial charge in [0.2, 0.25) is 10.0 Å². The first kappa shape index (κ1) is 95.1. The number of sulfonamides is 3. The SMILES string of the molecule is CC1(C)CCC(CN2CCN(c3ccc(C(=O)NS(=O)(=O)c4cc5c(c([N+](=O)[O-])c4)C[C@H](CCCS(=O)(=O)N4CCCCC4)CO5)c(Oc4cnc5[nH]ccc5c4)c3)CC2)=C(c2ccc(Cl)cc2)C1.CC1(C)CCC(CN2CCN(c3ccc(C(=O)NS(=O)(=O)c4cc5c(c([N+](=O)[O-])c4)C[C@H](CCCS(C)(=O)=O)CO5)c(Oc4cnc5[nH]ccc5c4)c3)CC2)=C(c2ccc(Cl)cc2)C1. The van der Waals surface area contributed by atoms with E-state index in [1.165, 1.54) is 74.4 Å². The molecule has 2 atom stereocenters. The predicted octanol–water partition coefficient (Wildman–Crippen LogP) is 17.2. The number of halogens is 2. The summed E-state index contributed by atoms with van der Waals surface area (Å²) < 4.78 is 135. The number of fused-ring (bicyclic) bond motifs is 4. The molecule has 133 heavy (non-hydrogen) atoms. The molecule has 10 aromatic rings. The number of nitro groups is 2. The third-order valence-corrected chi connectivity index (χ3v) is 32.4. The number of ether oxygens (including phenoxy) is 4. The van der Waals surface area contributed by atoms with Gasteiger partial charge in [0, 0.05) is 172 Å².